The molecule has 131 valence electrons. The molecule has 1 nitrogen and oxygen atoms in total. The number of fused-ring (bicyclic) bond motifs is 1. The Balaban J connectivity index is 0.00000156. The van der Waals surface area contributed by atoms with Crippen LogP contribution in [-0.2, 0) is 24.1 Å². The molecule has 0 amide bonds. The zero-order chi connectivity index (χ0) is 16.6. The summed E-state index contributed by atoms with van der Waals surface area (Å²) in [6, 6.07) is 13.2. The van der Waals surface area contributed by atoms with Crippen LogP contribution in [0.4, 0.5) is 0 Å². The van der Waals surface area contributed by atoms with Crippen molar-refractivity contribution in [1.29, 1.82) is 0 Å². The Kier molecular flexibility index (Phi) is 8.44. The van der Waals surface area contributed by atoms with E-state index in [-0.39, 0.29) is 30.9 Å². The van der Waals surface area contributed by atoms with Gasteiger partial charge in [-0.05, 0) is 0 Å². The molecule has 3 rings (SSSR count). The largest absolute Gasteiger partial charge is 1.00 e. The van der Waals surface area contributed by atoms with Gasteiger partial charge in [0.15, 0.2) is 0 Å². The first kappa shape index (κ1) is 22.5. The van der Waals surface area contributed by atoms with Crippen molar-refractivity contribution in [1.82, 2.24) is 0 Å². The number of halogens is 2. The minimum atomic E-state index is 0. The van der Waals surface area contributed by atoms with Crippen molar-refractivity contribution in [3.05, 3.63) is 64.2 Å². The zero-order valence-corrected chi connectivity index (χ0v) is 18.2. The van der Waals surface area contributed by atoms with Crippen LogP contribution in [0.3, 0.4) is 0 Å². The smallest absolute Gasteiger partial charge is 1.00 e. The normalized spacial score (nSPS) is 15.3. The summed E-state index contributed by atoms with van der Waals surface area (Å²) in [5, 5.41) is 2.61. The molecule has 0 radical (unpaired) electrons. The predicted molar refractivity (Wildman–Crippen MR) is 93.7 cm³/mol. The van der Waals surface area contributed by atoms with Crippen molar-refractivity contribution in [2.45, 2.75) is 46.6 Å². The monoisotopic (exact) mass is 409 g/mol. The van der Waals surface area contributed by atoms with Crippen LogP contribution >= 0.6 is 0 Å². The molecule has 4 heteroatoms. The number of rotatable bonds is 4. The number of benzene rings is 2. The van der Waals surface area contributed by atoms with E-state index in [9.17, 15) is 0 Å². The second-order valence-corrected chi connectivity index (χ2v) is 6.82. The quantitative estimate of drug-likeness (QED) is 0.659. The van der Waals surface area contributed by atoms with Crippen LogP contribution in [0, 0.1) is 0 Å². The molecule has 0 saturated heterocycles. The molecule has 0 aliphatic heterocycles. The summed E-state index contributed by atoms with van der Waals surface area (Å²) in [5.74, 6) is 0. The Labute approximate surface area is 175 Å². The van der Waals surface area contributed by atoms with Crippen LogP contribution in [0.25, 0.3) is 16.3 Å². The summed E-state index contributed by atoms with van der Waals surface area (Å²) in [7, 11) is 0. The molecule has 0 bridgehead atoms. The number of allylic oxidation sites excluding steroid dienone is 4. The maximum Gasteiger partial charge on any atom is -1.00 e. The molecule has 0 aromatic heterocycles. The Bertz CT molecular complexity index is 820. The average molecular weight is 410 g/mol. The Hall–Kier alpha value is -0.566. The molecule has 1 aliphatic rings. The van der Waals surface area contributed by atoms with Gasteiger partial charge in [0.1, 0.15) is 0 Å². The first-order chi connectivity index (χ1) is 11.1. The molecule has 0 spiro atoms. The average Bonchev–Trinajstić information content (AvgIpc) is 2.83. The van der Waals surface area contributed by atoms with E-state index in [1.54, 1.807) is 0 Å². The SMILES string of the molecule is CCC([O][Ti+2])c1c(C2=C(C)C(C)=C(C)C2)ccc2ccccc12.[Cl-].[Cl-]. The van der Waals surface area contributed by atoms with E-state index in [4.69, 9.17) is 3.32 Å². The van der Waals surface area contributed by atoms with E-state index in [1.165, 1.54) is 44.2 Å². The van der Waals surface area contributed by atoms with Crippen LogP contribution in [0.15, 0.2) is 53.1 Å². The van der Waals surface area contributed by atoms with Crippen LogP contribution in [-0.4, -0.2) is 0 Å². The van der Waals surface area contributed by atoms with Crippen molar-refractivity contribution in [2.24, 2.45) is 0 Å². The standard InChI is InChI=1S/C21H23O.2ClH.Ti/c1-5-20(22)21-17-9-7-6-8-16(17)10-11-18(21)19-12-13(2)14(3)15(19)4;;;/h6-11,20H,5,12H2,1-4H3;2*1H;/q-1;;;+3/p-2. The number of hydrogen-bond donors (Lipinski definition) is 0. The van der Waals surface area contributed by atoms with Crippen molar-refractivity contribution in [3.63, 3.8) is 0 Å². The summed E-state index contributed by atoms with van der Waals surface area (Å²) in [6.45, 7) is 8.95. The van der Waals surface area contributed by atoms with E-state index in [1.807, 2.05) is 20.8 Å². The molecule has 0 heterocycles. The fourth-order valence-electron chi connectivity index (χ4n) is 3.63. The van der Waals surface area contributed by atoms with Gasteiger partial charge in [-0.25, -0.2) is 0 Å². The zero-order valence-electron chi connectivity index (χ0n) is 15.1. The summed E-state index contributed by atoms with van der Waals surface area (Å²) in [4.78, 5) is 0. The van der Waals surface area contributed by atoms with Crippen molar-refractivity contribution in [2.75, 3.05) is 0 Å². The predicted octanol–water partition coefficient (Wildman–Crippen LogP) is 0.291. The van der Waals surface area contributed by atoms with Gasteiger partial charge in [0.2, 0.25) is 0 Å². The van der Waals surface area contributed by atoms with Gasteiger partial charge in [-0.3, -0.25) is 0 Å². The summed E-state index contributed by atoms with van der Waals surface area (Å²) >= 11 is 1.82. The molecule has 0 fully saturated rings. The second-order valence-electron chi connectivity index (χ2n) is 6.45. The van der Waals surface area contributed by atoms with Crippen molar-refractivity contribution in [3.8, 4) is 0 Å². The molecule has 2 aromatic carbocycles. The van der Waals surface area contributed by atoms with Gasteiger partial charge in [0.05, 0.1) is 0 Å². The third-order valence-corrected chi connectivity index (χ3v) is 5.67. The fraction of sp³-hybridized carbons (Fsp3) is 0.333. The minimum Gasteiger partial charge on any atom is -1.00 e. The molecule has 0 saturated carbocycles. The van der Waals surface area contributed by atoms with E-state index in [2.05, 4.69) is 64.1 Å². The van der Waals surface area contributed by atoms with Crippen LogP contribution in [0.5, 0.6) is 0 Å². The van der Waals surface area contributed by atoms with Gasteiger partial charge >= 0.3 is 151 Å². The first-order valence-electron chi connectivity index (χ1n) is 8.29. The Morgan fingerprint density at radius 2 is 1.68 bits per heavy atom. The molecule has 1 atom stereocenters. The van der Waals surface area contributed by atoms with Crippen LogP contribution in [0.2, 0.25) is 0 Å². The van der Waals surface area contributed by atoms with Gasteiger partial charge < -0.3 is 24.8 Å². The van der Waals surface area contributed by atoms with Gasteiger partial charge in [0.25, 0.3) is 0 Å². The fourth-order valence-corrected chi connectivity index (χ4v) is 4.07. The van der Waals surface area contributed by atoms with Crippen molar-refractivity contribution < 1.29 is 49.0 Å². The van der Waals surface area contributed by atoms with Gasteiger partial charge in [-0.1, -0.05) is 0 Å². The van der Waals surface area contributed by atoms with Gasteiger partial charge in [-0.15, -0.1) is 0 Å². The topological polar surface area (TPSA) is 9.23 Å². The summed E-state index contributed by atoms with van der Waals surface area (Å²) < 4.78 is 5.85. The Morgan fingerprint density at radius 3 is 2.24 bits per heavy atom. The molecule has 2 aromatic rings. The maximum atomic E-state index is 5.85. The van der Waals surface area contributed by atoms with E-state index >= 15 is 0 Å². The summed E-state index contributed by atoms with van der Waals surface area (Å²) in [6.07, 6.45) is 2.18. The van der Waals surface area contributed by atoms with Crippen LogP contribution < -0.4 is 24.8 Å². The van der Waals surface area contributed by atoms with E-state index in [0.717, 1.165) is 12.8 Å². The maximum absolute atomic E-state index is 5.85. The van der Waals surface area contributed by atoms with E-state index < -0.39 is 0 Å². The molecular formula is C21H23Cl2OTi. The van der Waals surface area contributed by atoms with Crippen LogP contribution in [0.1, 0.15) is 57.8 Å². The Morgan fingerprint density at radius 1 is 1.00 bits per heavy atom. The molecular weight excluding hydrogens is 387 g/mol. The molecule has 0 N–H and O–H groups in total. The second kappa shape index (κ2) is 9.39. The summed E-state index contributed by atoms with van der Waals surface area (Å²) in [5.41, 5.74) is 8.56. The third kappa shape index (κ3) is 4.07. The number of hydrogen-bond acceptors (Lipinski definition) is 1. The van der Waals surface area contributed by atoms with Gasteiger partial charge in [0, 0.05) is 0 Å². The molecule has 1 aliphatic carbocycles. The first-order valence-corrected chi connectivity index (χ1v) is 8.93. The minimum absolute atomic E-state index is 0. The van der Waals surface area contributed by atoms with Gasteiger partial charge in [-0.2, -0.15) is 0 Å². The van der Waals surface area contributed by atoms with Crippen molar-refractivity contribution >= 4 is 16.3 Å². The molecule has 1 unspecified atom stereocenters. The van der Waals surface area contributed by atoms with E-state index in [0.29, 0.717) is 0 Å². The third-order valence-electron chi connectivity index (χ3n) is 5.23. The molecule has 25 heavy (non-hydrogen) atoms.